The van der Waals surface area contributed by atoms with Crippen molar-refractivity contribution in [2.24, 2.45) is 0 Å². The molecule has 4 rings (SSSR count). The van der Waals surface area contributed by atoms with Gasteiger partial charge >= 0.3 is 0 Å². The fraction of sp³-hybridized carbons (Fsp3) is 0.316. The molecule has 128 valence electrons. The van der Waals surface area contributed by atoms with Crippen molar-refractivity contribution < 1.29 is 9.26 Å². The summed E-state index contributed by atoms with van der Waals surface area (Å²) >= 11 is 0. The summed E-state index contributed by atoms with van der Waals surface area (Å²) in [6, 6.07) is 13.9. The van der Waals surface area contributed by atoms with E-state index in [1.807, 2.05) is 42.5 Å². The first kappa shape index (κ1) is 15.8. The van der Waals surface area contributed by atoms with Crippen LogP contribution in [-0.2, 0) is 6.54 Å². The van der Waals surface area contributed by atoms with E-state index in [1.54, 1.807) is 13.3 Å². The normalized spacial score (nSPS) is 17.7. The average molecular weight is 336 g/mol. The standard InChI is InChI=1S/C19H20N4O2/c1-24-16-9-10-20-15(12-16)13-23-11-5-8-17(23)19-21-18(22-25-19)14-6-3-2-4-7-14/h2-4,6-7,9-10,12,17H,5,8,11,13H2,1H3/t17-/m0/s1. The third kappa shape index (κ3) is 3.39. The first-order valence-electron chi connectivity index (χ1n) is 8.45. The van der Waals surface area contributed by atoms with Gasteiger partial charge in [-0.25, -0.2) is 0 Å². The Morgan fingerprint density at radius 1 is 1.24 bits per heavy atom. The van der Waals surface area contributed by atoms with Gasteiger partial charge < -0.3 is 9.26 Å². The van der Waals surface area contributed by atoms with E-state index in [-0.39, 0.29) is 6.04 Å². The van der Waals surface area contributed by atoms with E-state index in [9.17, 15) is 0 Å². The van der Waals surface area contributed by atoms with Gasteiger partial charge in [-0.15, -0.1) is 0 Å². The van der Waals surface area contributed by atoms with E-state index >= 15 is 0 Å². The maximum atomic E-state index is 5.57. The van der Waals surface area contributed by atoms with Crippen LogP contribution in [0.5, 0.6) is 5.75 Å². The minimum absolute atomic E-state index is 0.137. The zero-order chi connectivity index (χ0) is 17.1. The molecule has 0 bridgehead atoms. The van der Waals surface area contributed by atoms with Crippen LogP contribution in [0.25, 0.3) is 11.4 Å². The number of hydrogen-bond acceptors (Lipinski definition) is 6. The van der Waals surface area contributed by atoms with Gasteiger partial charge in [0.15, 0.2) is 0 Å². The van der Waals surface area contributed by atoms with Gasteiger partial charge in [-0.3, -0.25) is 9.88 Å². The Morgan fingerprint density at radius 3 is 2.96 bits per heavy atom. The second-order valence-electron chi connectivity index (χ2n) is 6.14. The lowest BCUT2D eigenvalue weighted by atomic mass is 10.2. The topological polar surface area (TPSA) is 64.3 Å². The molecule has 1 saturated heterocycles. The van der Waals surface area contributed by atoms with E-state index in [0.717, 1.165) is 42.9 Å². The number of methoxy groups -OCH3 is 1. The van der Waals surface area contributed by atoms with E-state index in [2.05, 4.69) is 20.0 Å². The molecule has 6 heteroatoms. The quantitative estimate of drug-likeness (QED) is 0.711. The van der Waals surface area contributed by atoms with Crippen molar-refractivity contribution in [3.63, 3.8) is 0 Å². The molecule has 3 heterocycles. The smallest absolute Gasteiger partial charge is 0.244 e. The largest absolute Gasteiger partial charge is 0.497 e. The second kappa shape index (κ2) is 7.03. The maximum Gasteiger partial charge on any atom is 0.244 e. The minimum atomic E-state index is 0.137. The van der Waals surface area contributed by atoms with Gasteiger partial charge in [0.25, 0.3) is 0 Å². The molecular weight excluding hydrogens is 316 g/mol. The van der Waals surface area contributed by atoms with Gasteiger partial charge in [0, 0.05) is 24.4 Å². The first-order valence-corrected chi connectivity index (χ1v) is 8.45. The third-order valence-electron chi connectivity index (χ3n) is 4.51. The summed E-state index contributed by atoms with van der Waals surface area (Å²) in [6.07, 6.45) is 3.90. The number of nitrogens with zero attached hydrogens (tertiary/aromatic N) is 4. The molecule has 1 aliphatic heterocycles. The summed E-state index contributed by atoms with van der Waals surface area (Å²) in [7, 11) is 1.67. The van der Waals surface area contributed by atoms with Gasteiger partial charge in [-0.05, 0) is 25.5 Å². The Balaban J connectivity index is 1.52. The molecule has 0 N–H and O–H groups in total. The zero-order valence-corrected chi connectivity index (χ0v) is 14.1. The molecule has 6 nitrogen and oxygen atoms in total. The van der Waals surface area contributed by atoms with Gasteiger partial charge in [-0.2, -0.15) is 4.98 Å². The molecule has 1 fully saturated rings. The summed E-state index contributed by atoms with van der Waals surface area (Å²) in [5, 5.41) is 4.15. The van der Waals surface area contributed by atoms with Crippen molar-refractivity contribution in [3.05, 3.63) is 60.2 Å². The number of benzene rings is 1. The van der Waals surface area contributed by atoms with Crippen LogP contribution in [0, 0.1) is 0 Å². The van der Waals surface area contributed by atoms with Crippen molar-refractivity contribution in [1.29, 1.82) is 0 Å². The fourth-order valence-electron chi connectivity index (χ4n) is 3.25. The van der Waals surface area contributed by atoms with Crippen LogP contribution in [0.3, 0.4) is 0 Å². The number of rotatable bonds is 5. The maximum absolute atomic E-state index is 5.57. The molecule has 0 aliphatic carbocycles. The van der Waals surface area contributed by atoms with Crippen LogP contribution < -0.4 is 4.74 Å². The lowest BCUT2D eigenvalue weighted by Crippen LogP contribution is -2.23. The van der Waals surface area contributed by atoms with Crippen LogP contribution >= 0.6 is 0 Å². The summed E-state index contributed by atoms with van der Waals surface area (Å²) in [5.74, 6) is 2.14. The number of pyridine rings is 1. The van der Waals surface area contributed by atoms with Crippen LogP contribution in [0.15, 0.2) is 53.2 Å². The highest BCUT2D eigenvalue weighted by molar-refractivity contribution is 5.53. The van der Waals surface area contributed by atoms with E-state index in [4.69, 9.17) is 9.26 Å². The van der Waals surface area contributed by atoms with Gasteiger partial charge in [0.1, 0.15) is 5.75 Å². The molecule has 1 aromatic carbocycles. The molecule has 0 amide bonds. The summed E-state index contributed by atoms with van der Waals surface area (Å²) in [6.45, 7) is 1.73. The summed E-state index contributed by atoms with van der Waals surface area (Å²) in [5.41, 5.74) is 1.95. The highest BCUT2D eigenvalue weighted by atomic mass is 16.5. The summed E-state index contributed by atoms with van der Waals surface area (Å²) in [4.78, 5) is 11.4. The second-order valence-corrected chi connectivity index (χ2v) is 6.14. The lowest BCUT2D eigenvalue weighted by Gasteiger charge is -2.21. The molecule has 0 saturated carbocycles. The molecular formula is C19H20N4O2. The molecule has 0 radical (unpaired) electrons. The Bertz CT molecular complexity index is 834. The van der Waals surface area contributed by atoms with Crippen LogP contribution in [-0.4, -0.2) is 33.7 Å². The number of ether oxygens (including phenoxy) is 1. The van der Waals surface area contributed by atoms with Crippen molar-refractivity contribution in [1.82, 2.24) is 20.0 Å². The number of likely N-dealkylation sites (tertiary alicyclic amines) is 1. The SMILES string of the molecule is COc1ccnc(CN2CCC[C@H]2c2nc(-c3ccccc3)no2)c1. The van der Waals surface area contributed by atoms with Crippen molar-refractivity contribution in [2.45, 2.75) is 25.4 Å². The van der Waals surface area contributed by atoms with Crippen molar-refractivity contribution >= 4 is 0 Å². The van der Waals surface area contributed by atoms with E-state index < -0.39 is 0 Å². The van der Waals surface area contributed by atoms with Gasteiger partial charge in [0.05, 0.1) is 18.8 Å². The highest BCUT2D eigenvalue weighted by Crippen LogP contribution is 2.33. The molecule has 0 unspecified atom stereocenters. The average Bonchev–Trinajstić information content (AvgIpc) is 3.32. The third-order valence-corrected chi connectivity index (χ3v) is 4.51. The molecule has 1 atom stereocenters. The van der Waals surface area contributed by atoms with Gasteiger partial charge in [-0.1, -0.05) is 35.5 Å². The van der Waals surface area contributed by atoms with Gasteiger partial charge in [0.2, 0.25) is 11.7 Å². The first-order chi connectivity index (χ1) is 12.3. The van der Waals surface area contributed by atoms with Crippen LogP contribution in [0.1, 0.15) is 30.5 Å². The molecule has 0 spiro atoms. The Labute approximate surface area is 146 Å². The predicted octanol–water partition coefficient (Wildman–Crippen LogP) is 3.48. The Morgan fingerprint density at radius 2 is 2.12 bits per heavy atom. The minimum Gasteiger partial charge on any atom is -0.497 e. The van der Waals surface area contributed by atoms with E-state index in [0.29, 0.717) is 11.7 Å². The Kier molecular flexibility index (Phi) is 4.43. The van der Waals surface area contributed by atoms with Crippen LogP contribution in [0.4, 0.5) is 0 Å². The zero-order valence-electron chi connectivity index (χ0n) is 14.1. The monoisotopic (exact) mass is 336 g/mol. The number of hydrogen-bond donors (Lipinski definition) is 0. The molecule has 2 aromatic heterocycles. The highest BCUT2D eigenvalue weighted by Gasteiger charge is 2.31. The Hall–Kier alpha value is -2.73. The summed E-state index contributed by atoms with van der Waals surface area (Å²) < 4.78 is 10.9. The molecule has 3 aromatic rings. The fourth-order valence-corrected chi connectivity index (χ4v) is 3.25. The van der Waals surface area contributed by atoms with Crippen molar-refractivity contribution in [2.75, 3.05) is 13.7 Å². The molecule has 25 heavy (non-hydrogen) atoms. The molecule has 1 aliphatic rings. The van der Waals surface area contributed by atoms with E-state index in [1.165, 1.54) is 0 Å². The van der Waals surface area contributed by atoms with Crippen LogP contribution in [0.2, 0.25) is 0 Å². The van der Waals surface area contributed by atoms with Crippen molar-refractivity contribution in [3.8, 4) is 17.1 Å². The lowest BCUT2D eigenvalue weighted by molar-refractivity contribution is 0.199. The number of aromatic nitrogens is 3. The predicted molar refractivity (Wildman–Crippen MR) is 92.9 cm³/mol.